The van der Waals surface area contributed by atoms with Gasteiger partial charge in [0, 0.05) is 30.0 Å². The number of pyridine rings is 1. The minimum absolute atomic E-state index is 0.343. The fourth-order valence-electron chi connectivity index (χ4n) is 3.54. The van der Waals surface area contributed by atoms with E-state index in [-0.39, 0.29) is 17.8 Å². The van der Waals surface area contributed by atoms with Crippen molar-refractivity contribution >= 4 is 28.5 Å². The van der Waals surface area contributed by atoms with Crippen molar-refractivity contribution < 1.29 is 14.0 Å². The maximum atomic E-state index is 13.3. The number of nitrogens with one attached hydrogen (secondary N) is 2. The van der Waals surface area contributed by atoms with Crippen molar-refractivity contribution in [3.63, 3.8) is 0 Å². The van der Waals surface area contributed by atoms with Crippen molar-refractivity contribution in [3.05, 3.63) is 82.9 Å². The smallest absolute Gasteiger partial charge is 0.321 e. The van der Waals surface area contributed by atoms with E-state index in [0.717, 1.165) is 22.2 Å². The highest BCUT2D eigenvalue weighted by Gasteiger charge is 2.30. The molecular formula is C23H21FN4O2. The molecule has 1 atom stereocenters. The predicted molar refractivity (Wildman–Crippen MR) is 113 cm³/mol. The Kier molecular flexibility index (Phi) is 4.95. The lowest BCUT2D eigenvalue weighted by molar-refractivity contribution is -0.113. The Morgan fingerprint density at radius 3 is 2.57 bits per heavy atom. The molecule has 0 aliphatic carbocycles. The molecule has 1 unspecified atom stereocenters. The van der Waals surface area contributed by atoms with Crippen LogP contribution in [0.25, 0.3) is 10.9 Å². The average Bonchev–Trinajstić information content (AvgIpc) is 2.72. The number of urea groups is 1. The molecule has 1 aromatic heterocycles. The molecule has 0 saturated carbocycles. The molecule has 0 fully saturated rings. The predicted octanol–water partition coefficient (Wildman–Crippen LogP) is 4.21. The lowest BCUT2D eigenvalue weighted by Gasteiger charge is -2.30. The second-order valence-corrected chi connectivity index (χ2v) is 7.34. The highest BCUT2D eigenvalue weighted by atomic mass is 19.1. The lowest BCUT2D eigenvalue weighted by Crippen LogP contribution is -2.44. The van der Waals surface area contributed by atoms with E-state index in [9.17, 15) is 14.0 Å². The van der Waals surface area contributed by atoms with Crippen LogP contribution in [0, 0.1) is 19.7 Å². The Hall–Kier alpha value is -3.74. The number of rotatable bonds is 3. The zero-order valence-corrected chi connectivity index (χ0v) is 16.9. The molecule has 0 bridgehead atoms. The largest absolute Gasteiger partial charge is 0.327 e. The van der Waals surface area contributed by atoms with Gasteiger partial charge >= 0.3 is 6.03 Å². The fourth-order valence-corrected chi connectivity index (χ4v) is 3.54. The summed E-state index contributed by atoms with van der Waals surface area (Å²) >= 11 is 0. The molecule has 2 heterocycles. The van der Waals surface area contributed by atoms with Gasteiger partial charge in [0.2, 0.25) is 0 Å². The van der Waals surface area contributed by atoms with E-state index in [4.69, 9.17) is 0 Å². The summed E-state index contributed by atoms with van der Waals surface area (Å²) in [6.45, 7) is 3.86. The number of carbonyl (C=O) groups excluding carboxylic acids is 2. The number of carbonyl (C=O) groups is 2. The molecule has 3 amide bonds. The standard InChI is InChI=1S/C23H21FN4O2/c1-13-4-9-17-14(2)19(10-11-20(17)25-13)26-22(29)18-12-28(3)23(30)27-21(18)15-5-7-16(24)8-6-15/h4-12,21H,1-3H3,(H,26,29)(H,27,30). The van der Waals surface area contributed by atoms with Crippen LogP contribution in [0.3, 0.4) is 0 Å². The van der Waals surface area contributed by atoms with E-state index in [1.165, 1.54) is 23.2 Å². The summed E-state index contributed by atoms with van der Waals surface area (Å²) in [6.07, 6.45) is 1.50. The van der Waals surface area contributed by atoms with Crippen LogP contribution in [-0.2, 0) is 4.79 Å². The molecule has 1 aliphatic rings. The topological polar surface area (TPSA) is 74.3 Å². The van der Waals surface area contributed by atoms with Crippen LogP contribution in [0.2, 0.25) is 0 Å². The van der Waals surface area contributed by atoms with Crippen molar-refractivity contribution in [1.29, 1.82) is 0 Å². The second kappa shape index (κ2) is 7.59. The Morgan fingerprint density at radius 1 is 1.10 bits per heavy atom. The number of nitrogens with zero attached hydrogens (tertiary/aromatic N) is 2. The van der Waals surface area contributed by atoms with Crippen molar-refractivity contribution in [2.75, 3.05) is 12.4 Å². The Balaban J connectivity index is 1.68. The van der Waals surface area contributed by atoms with E-state index in [1.807, 2.05) is 38.1 Å². The molecule has 0 radical (unpaired) electrons. The molecule has 2 aromatic carbocycles. The molecule has 30 heavy (non-hydrogen) atoms. The number of halogens is 1. The van der Waals surface area contributed by atoms with Crippen LogP contribution < -0.4 is 10.6 Å². The first kappa shape index (κ1) is 19.6. The van der Waals surface area contributed by atoms with Crippen LogP contribution >= 0.6 is 0 Å². The molecule has 2 N–H and O–H groups in total. The van der Waals surface area contributed by atoms with Gasteiger partial charge in [-0.05, 0) is 55.3 Å². The second-order valence-electron chi connectivity index (χ2n) is 7.34. The lowest BCUT2D eigenvalue weighted by atomic mass is 9.97. The van der Waals surface area contributed by atoms with Gasteiger partial charge in [0.15, 0.2) is 0 Å². The summed E-state index contributed by atoms with van der Waals surface area (Å²) in [6, 6.07) is 12.3. The van der Waals surface area contributed by atoms with Crippen LogP contribution in [0.5, 0.6) is 0 Å². The Bertz CT molecular complexity index is 1190. The highest BCUT2D eigenvalue weighted by Crippen LogP contribution is 2.29. The first-order valence-corrected chi connectivity index (χ1v) is 9.52. The summed E-state index contributed by atoms with van der Waals surface area (Å²) in [5, 5.41) is 6.70. The van der Waals surface area contributed by atoms with Gasteiger partial charge in [-0.25, -0.2) is 9.18 Å². The van der Waals surface area contributed by atoms with Crippen LogP contribution in [0.4, 0.5) is 14.9 Å². The normalized spacial score (nSPS) is 16.3. The summed E-state index contributed by atoms with van der Waals surface area (Å²) in [4.78, 5) is 31.2. The number of hydrogen-bond donors (Lipinski definition) is 2. The fraction of sp³-hybridized carbons (Fsp3) is 0.174. The Morgan fingerprint density at radius 2 is 1.83 bits per heavy atom. The molecule has 1 aliphatic heterocycles. The van der Waals surface area contributed by atoms with Gasteiger partial charge in [0.1, 0.15) is 5.82 Å². The third kappa shape index (κ3) is 3.61. The van der Waals surface area contributed by atoms with Gasteiger partial charge in [0.25, 0.3) is 5.91 Å². The van der Waals surface area contributed by atoms with Gasteiger partial charge in [-0.15, -0.1) is 0 Å². The number of fused-ring (bicyclic) bond motifs is 1. The van der Waals surface area contributed by atoms with E-state index in [0.29, 0.717) is 16.8 Å². The molecule has 7 heteroatoms. The number of aryl methyl sites for hydroxylation is 2. The zero-order chi connectivity index (χ0) is 21.4. The number of anilines is 1. The third-order valence-corrected chi connectivity index (χ3v) is 5.23. The number of hydrogen-bond acceptors (Lipinski definition) is 3. The number of benzene rings is 2. The molecule has 3 aromatic rings. The molecule has 0 saturated heterocycles. The monoisotopic (exact) mass is 404 g/mol. The number of amides is 3. The number of aromatic nitrogens is 1. The van der Waals surface area contributed by atoms with Crippen LogP contribution in [0.1, 0.15) is 22.9 Å². The quantitative estimate of drug-likeness (QED) is 0.687. The van der Waals surface area contributed by atoms with Crippen molar-refractivity contribution in [3.8, 4) is 0 Å². The molecule has 4 rings (SSSR count). The maximum absolute atomic E-state index is 13.3. The van der Waals surface area contributed by atoms with Gasteiger partial charge < -0.3 is 15.5 Å². The molecule has 6 nitrogen and oxygen atoms in total. The van der Waals surface area contributed by atoms with Gasteiger partial charge in [-0.2, -0.15) is 0 Å². The molecular weight excluding hydrogens is 383 g/mol. The third-order valence-electron chi connectivity index (χ3n) is 5.23. The van der Waals surface area contributed by atoms with E-state index in [1.54, 1.807) is 19.2 Å². The first-order valence-electron chi connectivity index (χ1n) is 9.52. The maximum Gasteiger partial charge on any atom is 0.321 e. The van der Waals surface area contributed by atoms with Crippen molar-refractivity contribution in [1.82, 2.24) is 15.2 Å². The summed E-state index contributed by atoms with van der Waals surface area (Å²) in [5.74, 6) is -0.734. The summed E-state index contributed by atoms with van der Waals surface area (Å²) < 4.78 is 13.3. The highest BCUT2D eigenvalue weighted by molar-refractivity contribution is 6.07. The van der Waals surface area contributed by atoms with Gasteiger partial charge in [0.05, 0.1) is 17.1 Å². The summed E-state index contributed by atoms with van der Waals surface area (Å²) in [5.41, 5.74) is 4.32. The van der Waals surface area contributed by atoms with Crippen LogP contribution in [0.15, 0.2) is 60.3 Å². The van der Waals surface area contributed by atoms with E-state index >= 15 is 0 Å². The molecule has 0 spiro atoms. The van der Waals surface area contributed by atoms with E-state index < -0.39 is 6.04 Å². The van der Waals surface area contributed by atoms with Crippen molar-refractivity contribution in [2.45, 2.75) is 19.9 Å². The van der Waals surface area contributed by atoms with Crippen molar-refractivity contribution in [2.24, 2.45) is 0 Å². The minimum atomic E-state index is -0.681. The van der Waals surface area contributed by atoms with Gasteiger partial charge in [-0.3, -0.25) is 9.78 Å². The Labute approximate surface area is 173 Å². The SMILES string of the molecule is Cc1ccc2c(C)c(NC(=O)C3=CN(C)C(=O)NC3c3ccc(F)cc3)ccc2n1. The zero-order valence-electron chi connectivity index (χ0n) is 16.9. The first-order chi connectivity index (χ1) is 14.3. The minimum Gasteiger partial charge on any atom is -0.327 e. The van der Waals surface area contributed by atoms with Crippen LogP contribution in [-0.4, -0.2) is 28.9 Å². The average molecular weight is 404 g/mol. The summed E-state index contributed by atoms with van der Waals surface area (Å²) in [7, 11) is 1.57. The molecule has 152 valence electrons. The van der Waals surface area contributed by atoms with Gasteiger partial charge in [-0.1, -0.05) is 18.2 Å². The van der Waals surface area contributed by atoms with E-state index in [2.05, 4.69) is 15.6 Å².